The van der Waals surface area contributed by atoms with Crippen molar-refractivity contribution in [2.75, 3.05) is 0 Å². The van der Waals surface area contributed by atoms with E-state index in [9.17, 15) is 0 Å². The van der Waals surface area contributed by atoms with Gasteiger partial charge in [0.2, 0.25) is 0 Å². The summed E-state index contributed by atoms with van der Waals surface area (Å²) in [6.45, 7) is 0. The quantitative estimate of drug-likeness (QED) is 0.718. The van der Waals surface area contributed by atoms with Gasteiger partial charge in [-0.05, 0) is 12.1 Å². The predicted molar refractivity (Wildman–Crippen MR) is 57.6 cm³/mol. The minimum atomic E-state index is 0.528. The molecule has 0 aliphatic heterocycles. The molecule has 66 valence electrons. The number of halogens is 2. The lowest BCUT2D eigenvalue weighted by molar-refractivity contribution is 1.41. The van der Waals surface area contributed by atoms with Crippen LogP contribution in [0.15, 0.2) is 29.6 Å². The van der Waals surface area contributed by atoms with E-state index in [1.54, 1.807) is 5.38 Å². The van der Waals surface area contributed by atoms with Crippen molar-refractivity contribution in [2.24, 2.45) is 0 Å². The summed E-state index contributed by atoms with van der Waals surface area (Å²) in [7, 11) is 0. The van der Waals surface area contributed by atoms with Crippen LogP contribution in [0.25, 0.3) is 10.6 Å². The van der Waals surface area contributed by atoms with E-state index in [0.717, 1.165) is 10.6 Å². The highest BCUT2D eigenvalue weighted by Gasteiger charge is 2.02. The molecule has 0 fully saturated rings. The lowest BCUT2D eigenvalue weighted by Crippen LogP contribution is -1.74. The van der Waals surface area contributed by atoms with Crippen molar-refractivity contribution < 1.29 is 0 Å². The van der Waals surface area contributed by atoms with Gasteiger partial charge < -0.3 is 0 Å². The summed E-state index contributed by atoms with van der Waals surface area (Å²) in [5.74, 6) is 0. The first-order valence-corrected chi connectivity index (χ1v) is 5.26. The van der Waals surface area contributed by atoms with Crippen LogP contribution in [0.1, 0.15) is 0 Å². The number of rotatable bonds is 1. The summed E-state index contributed by atoms with van der Waals surface area (Å²) < 4.78 is 0. The maximum Gasteiger partial charge on any atom is 0.140 e. The SMILES string of the molecule is Clc1cccc(-c2nc(Cl)cs2)c1. The zero-order chi connectivity index (χ0) is 9.26. The van der Waals surface area contributed by atoms with E-state index in [-0.39, 0.29) is 0 Å². The van der Waals surface area contributed by atoms with Crippen molar-refractivity contribution in [1.82, 2.24) is 4.98 Å². The maximum absolute atomic E-state index is 5.85. The Bertz CT molecular complexity index is 425. The van der Waals surface area contributed by atoms with Gasteiger partial charge in [-0.15, -0.1) is 11.3 Å². The van der Waals surface area contributed by atoms with Gasteiger partial charge >= 0.3 is 0 Å². The van der Waals surface area contributed by atoms with Crippen LogP contribution in [0.5, 0.6) is 0 Å². The molecule has 0 aliphatic carbocycles. The number of hydrogen-bond donors (Lipinski definition) is 0. The molecule has 1 aromatic carbocycles. The lowest BCUT2D eigenvalue weighted by Gasteiger charge is -1.95. The monoisotopic (exact) mass is 229 g/mol. The fourth-order valence-corrected chi connectivity index (χ4v) is 2.14. The van der Waals surface area contributed by atoms with Crippen LogP contribution in [0.2, 0.25) is 10.2 Å². The van der Waals surface area contributed by atoms with Gasteiger partial charge in [-0.2, -0.15) is 0 Å². The van der Waals surface area contributed by atoms with Gasteiger partial charge in [0.05, 0.1) is 0 Å². The summed E-state index contributed by atoms with van der Waals surface area (Å²) >= 11 is 13.1. The lowest BCUT2D eigenvalue weighted by atomic mass is 10.2. The van der Waals surface area contributed by atoms with E-state index in [4.69, 9.17) is 23.2 Å². The van der Waals surface area contributed by atoms with E-state index >= 15 is 0 Å². The zero-order valence-electron chi connectivity index (χ0n) is 6.50. The summed E-state index contributed by atoms with van der Waals surface area (Å²) in [4.78, 5) is 4.15. The molecule has 0 atom stereocenters. The van der Waals surface area contributed by atoms with Gasteiger partial charge in [-0.3, -0.25) is 0 Å². The van der Waals surface area contributed by atoms with Gasteiger partial charge in [0.15, 0.2) is 0 Å². The summed E-state index contributed by atoms with van der Waals surface area (Å²) in [6.07, 6.45) is 0. The average Bonchev–Trinajstić information content (AvgIpc) is 2.52. The topological polar surface area (TPSA) is 12.9 Å². The molecular formula is C9H5Cl2NS. The number of thiazole rings is 1. The first-order valence-electron chi connectivity index (χ1n) is 3.63. The molecule has 13 heavy (non-hydrogen) atoms. The Kier molecular flexibility index (Phi) is 2.54. The molecule has 1 nitrogen and oxygen atoms in total. The molecule has 0 spiro atoms. The third-order valence-corrected chi connectivity index (χ3v) is 3.00. The van der Waals surface area contributed by atoms with Gasteiger partial charge in [-0.1, -0.05) is 35.3 Å². The van der Waals surface area contributed by atoms with Crippen molar-refractivity contribution >= 4 is 34.5 Å². The van der Waals surface area contributed by atoms with Crippen LogP contribution in [-0.2, 0) is 0 Å². The van der Waals surface area contributed by atoms with Gasteiger partial charge in [0.25, 0.3) is 0 Å². The smallest absolute Gasteiger partial charge is 0.140 e. The molecule has 0 unspecified atom stereocenters. The first-order chi connectivity index (χ1) is 6.25. The molecule has 0 N–H and O–H groups in total. The third kappa shape index (κ3) is 2.02. The summed E-state index contributed by atoms with van der Waals surface area (Å²) in [5.41, 5.74) is 1.00. The molecule has 2 rings (SSSR count). The van der Waals surface area contributed by atoms with Crippen LogP contribution in [-0.4, -0.2) is 4.98 Å². The van der Waals surface area contributed by atoms with E-state index < -0.39 is 0 Å². The van der Waals surface area contributed by atoms with Crippen molar-refractivity contribution in [1.29, 1.82) is 0 Å². The van der Waals surface area contributed by atoms with Gasteiger partial charge in [-0.25, -0.2) is 4.98 Å². The zero-order valence-corrected chi connectivity index (χ0v) is 8.83. The highest BCUT2D eigenvalue weighted by atomic mass is 35.5. The van der Waals surface area contributed by atoms with Crippen LogP contribution in [0.4, 0.5) is 0 Å². The number of nitrogens with zero attached hydrogens (tertiary/aromatic N) is 1. The van der Waals surface area contributed by atoms with Gasteiger partial charge in [0.1, 0.15) is 10.2 Å². The fraction of sp³-hybridized carbons (Fsp3) is 0. The predicted octanol–water partition coefficient (Wildman–Crippen LogP) is 4.12. The summed E-state index contributed by atoms with van der Waals surface area (Å²) in [5, 5.41) is 3.94. The Balaban J connectivity index is 2.46. The van der Waals surface area contributed by atoms with E-state index in [1.165, 1.54) is 11.3 Å². The van der Waals surface area contributed by atoms with E-state index in [1.807, 2.05) is 24.3 Å². The summed E-state index contributed by atoms with van der Waals surface area (Å²) in [6, 6.07) is 7.56. The maximum atomic E-state index is 5.85. The number of aromatic nitrogens is 1. The second-order valence-electron chi connectivity index (χ2n) is 2.49. The molecule has 1 heterocycles. The second-order valence-corrected chi connectivity index (χ2v) is 4.17. The minimum absolute atomic E-state index is 0.528. The molecule has 0 aliphatic rings. The Morgan fingerprint density at radius 3 is 2.69 bits per heavy atom. The van der Waals surface area contributed by atoms with Crippen molar-refractivity contribution in [3.63, 3.8) is 0 Å². The Morgan fingerprint density at radius 2 is 2.08 bits per heavy atom. The molecule has 1 aromatic heterocycles. The second kappa shape index (κ2) is 3.66. The highest BCUT2D eigenvalue weighted by molar-refractivity contribution is 7.13. The number of hydrogen-bond acceptors (Lipinski definition) is 2. The van der Waals surface area contributed by atoms with Crippen molar-refractivity contribution in [3.8, 4) is 10.6 Å². The standard InChI is InChI=1S/C9H5Cl2NS/c10-7-3-1-2-6(4-7)9-12-8(11)5-13-9/h1-5H. The molecular weight excluding hydrogens is 225 g/mol. The van der Waals surface area contributed by atoms with Gasteiger partial charge in [0, 0.05) is 16.0 Å². The van der Waals surface area contributed by atoms with E-state index in [0.29, 0.717) is 10.2 Å². The van der Waals surface area contributed by atoms with Crippen LogP contribution in [0, 0.1) is 0 Å². The Labute approximate surface area is 90.0 Å². The number of benzene rings is 1. The minimum Gasteiger partial charge on any atom is -0.224 e. The Morgan fingerprint density at radius 1 is 1.23 bits per heavy atom. The Hall–Kier alpha value is -0.570. The fourth-order valence-electron chi connectivity index (χ4n) is 1.01. The van der Waals surface area contributed by atoms with Crippen LogP contribution >= 0.6 is 34.5 Å². The highest BCUT2D eigenvalue weighted by Crippen LogP contribution is 2.27. The molecule has 4 heteroatoms. The molecule has 0 radical (unpaired) electrons. The van der Waals surface area contributed by atoms with E-state index in [2.05, 4.69) is 4.98 Å². The molecule has 0 bridgehead atoms. The normalized spacial score (nSPS) is 10.3. The van der Waals surface area contributed by atoms with Crippen LogP contribution in [0.3, 0.4) is 0 Å². The third-order valence-electron chi connectivity index (χ3n) is 1.55. The van der Waals surface area contributed by atoms with Crippen LogP contribution < -0.4 is 0 Å². The van der Waals surface area contributed by atoms with Crippen molar-refractivity contribution in [2.45, 2.75) is 0 Å². The van der Waals surface area contributed by atoms with Crippen molar-refractivity contribution in [3.05, 3.63) is 39.8 Å². The molecule has 0 saturated heterocycles. The molecule has 2 aromatic rings. The average molecular weight is 230 g/mol. The first kappa shape index (κ1) is 9.00. The molecule has 0 saturated carbocycles. The largest absolute Gasteiger partial charge is 0.224 e. The molecule has 0 amide bonds.